The van der Waals surface area contributed by atoms with Crippen molar-refractivity contribution in [3.05, 3.63) is 35.0 Å². The molecule has 0 unspecified atom stereocenters. The fourth-order valence-electron chi connectivity index (χ4n) is 1.97. The highest BCUT2D eigenvalue weighted by Gasteiger charge is 2.11. The van der Waals surface area contributed by atoms with Gasteiger partial charge in [0.15, 0.2) is 0 Å². The number of rotatable bonds is 2. The molecule has 1 aromatic carbocycles. The molecule has 0 spiro atoms. The minimum atomic E-state index is 0.393. The molecule has 0 aliphatic rings. The van der Waals surface area contributed by atoms with Gasteiger partial charge < -0.3 is 15.3 Å². The van der Waals surface area contributed by atoms with Crippen LogP contribution in [0.5, 0.6) is 0 Å². The number of aryl methyl sites for hydroxylation is 1. The van der Waals surface area contributed by atoms with E-state index >= 15 is 0 Å². The number of aromatic nitrogens is 4. The second kappa shape index (κ2) is 4.22. The minimum Gasteiger partial charge on any atom is -0.335 e. The van der Waals surface area contributed by atoms with Gasteiger partial charge in [-0.3, -0.25) is 0 Å². The Morgan fingerprint density at radius 1 is 1.44 bits per heavy atom. The summed E-state index contributed by atoms with van der Waals surface area (Å²) < 4.78 is 2.84. The number of nitrogens with one attached hydrogen (secondary N) is 1. The number of nitrogens with zero attached hydrogens (tertiary/aromatic N) is 3. The van der Waals surface area contributed by atoms with Gasteiger partial charge in [0.1, 0.15) is 16.1 Å². The number of hydrogen-bond acceptors (Lipinski definition) is 3. The Bertz CT molecular complexity index is 712. The van der Waals surface area contributed by atoms with E-state index in [1.165, 1.54) is 0 Å². The van der Waals surface area contributed by atoms with Crippen LogP contribution in [-0.4, -0.2) is 19.5 Å². The molecule has 3 N–H and O–H groups in total. The van der Waals surface area contributed by atoms with Crippen LogP contribution in [0.15, 0.2) is 29.1 Å². The normalized spacial score (nSPS) is 11.3. The third kappa shape index (κ3) is 1.74. The molecule has 18 heavy (non-hydrogen) atoms. The highest BCUT2D eigenvalue weighted by Crippen LogP contribution is 2.28. The molecule has 0 fully saturated rings. The molecule has 0 saturated heterocycles. The van der Waals surface area contributed by atoms with E-state index in [1.54, 1.807) is 6.33 Å². The van der Waals surface area contributed by atoms with E-state index in [9.17, 15) is 0 Å². The maximum Gasteiger partial charge on any atom is 0.121 e. The van der Waals surface area contributed by atoms with E-state index in [1.807, 2.05) is 29.8 Å². The molecule has 3 aromatic rings. The molecule has 0 bridgehead atoms. The largest absolute Gasteiger partial charge is 0.335 e. The summed E-state index contributed by atoms with van der Waals surface area (Å²) in [6.45, 7) is 0.393. The van der Waals surface area contributed by atoms with Crippen molar-refractivity contribution in [1.29, 1.82) is 0 Å². The van der Waals surface area contributed by atoms with Crippen molar-refractivity contribution in [3.63, 3.8) is 0 Å². The molecule has 2 heterocycles. The first kappa shape index (κ1) is 11.4. The van der Waals surface area contributed by atoms with Gasteiger partial charge in [0.25, 0.3) is 0 Å². The SMILES string of the molecule is Cn1cnc2cc(-c3nc(CN)[nH]c3Br)ccc21. The summed E-state index contributed by atoms with van der Waals surface area (Å²) >= 11 is 3.46. The van der Waals surface area contributed by atoms with Gasteiger partial charge in [0, 0.05) is 12.6 Å². The lowest BCUT2D eigenvalue weighted by atomic mass is 10.1. The Kier molecular flexibility index (Phi) is 2.68. The van der Waals surface area contributed by atoms with Crippen molar-refractivity contribution < 1.29 is 0 Å². The molecule has 3 rings (SSSR count). The molecule has 2 aromatic heterocycles. The van der Waals surface area contributed by atoms with Crippen LogP contribution >= 0.6 is 15.9 Å². The van der Waals surface area contributed by atoms with Gasteiger partial charge in [-0.15, -0.1) is 0 Å². The number of fused-ring (bicyclic) bond motifs is 1. The Morgan fingerprint density at radius 3 is 3.00 bits per heavy atom. The number of imidazole rings is 2. The van der Waals surface area contributed by atoms with E-state index < -0.39 is 0 Å². The van der Waals surface area contributed by atoms with Gasteiger partial charge >= 0.3 is 0 Å². The Balaban J connectivity index is 2.15. The van der Waals surface area contributed by atoms with Crippen LogP contribution < -0.4 is 5.73 Å². The van der Waals surface area contributed by atoms with Crippen molar-refractivity contribution >= 4 is 27.0 Å². The zero-order valence-electron chi connectivity index (χ0n) is 9.81. The molecular formula is C12H12BrN5. The zero-order chi connectivity index (χ0) is 12.7. The Morgan fingerprint density at radius 2 is 2.28 bits per heavy atom. The first-order chi connectivity index (χ1) is 8.69. The maximum absolute atomic E-state index is 5.57. The predicted octanol–water partition coefficient (Wildman–Crippen LogP) is 2.18. The van der Waals surface area contributed by atoms with Crippen molar-refractivity contribution in [3.8, 4) is 11.3 Å². The fourth-order valence-corrected chi connectivity index (χ4v) is 2.52. The van der Waals surface area contributed by atoms with Crippen LogP contribution in [0.1, 0.15) is 5.82 Å². The maximum atomic E-state index is 5.57. The van der Waals surface area contributed by atoms with Gasteiger partial charge in [-0.25, -0.2) is 9.97 Å². The van der Waals surface area contributed by atoms with E-state index in [0.29, 0.717) is 6.54 Å². The van der Waals surface area contributed by atoms with Crippen molar-refractivity contribution in [1.82, 2.24) is 19.5 Å². The van der Waals surface area contributed by atoms with E-state index in [0.717, 1.165) is 32.7 Å². The van der Waals surface area contributed by atoms with Crippen LogP contribution in [0.2, 0.25) is 0 Å². The van der Waals surface area contributed by atoms with Crippen molar-refractivity contribution in [2.45, 2.75) is 6.54 Å². The summed E-state index contributed by atoms with van der Waals surface area (Å²) in [4.78, 5) is 11.9. The molecule has 0 saturated carbocycles. The van der Waals surface area contributed by atoms with Crippen LogP contribution in [0, 0.1) is 0 Å². The molecule has 0 aliphatic carbocycles. The topological polar surface area (TPSA) is 72.5 Å². The number of H-pyrrole nitrogens is 1. The van der Waals surface area contributed by atoms with Gasteiger partial charge in [-0.05, 0) is 28.1 Å². The first-order valence-electron chi connectivity index (χ1n) is 5.55. The molecule has 0 aliphatic heterocycles. The van der Waals surface area contributed by atoms with Crippen LogP contribution in [0.3, 0.4) is 0 Å². The monoisotopic (exact) mass is 305 g/mol. The lowest BCUT2D eigenvalue weighted by Crippen LogP contribution is -1.97. The smallest absolute Gasteiger partial charge is 0.121 e. The molecular weight excluding hydrogens is 294 g/mol. The molecule has 0 radical (unpaired) electrons. The number of nitrogens with two attached hydrogens (primary N) is 1. The quantitative estimate of drug-likeness (QED) is 0.762. The van der Waals surface area contributed by atoms with Crippen LogP contribution in [0.4, 0.5) is 0 Å². The average molecular weight is 306 g/mol. The minimum absolute atomic E-state index is 0.393. The van der Waals surface area contributed by atoms with E-state index in [-0.39, 0.29) is 0 Å². The number of benzene rings is 1. The zero-order valence-corrected chi connectivity index (χ0v) is 11.4. The van der Waals surface area contributed by atoms with Crippen LogP contribution in [-0.2, 0) is 13.6 Å². The van der Waals surface area contributed by atoms with Gasteiger partial charge in [0.05, 0.1) is 23.9 Å². The molecule has 92 valence electrons. The highest BCUT2D eigenvalue weighted by atomic mass is 79.9. The number of hydrogen-bond donors (Lipinski definition) is 2. The average Bonchev–Trinajstić information content (AvgIpc) is 2.93. The standard InChI is InChI=1S/C12H12BrN5/c1-18-6-15-8-4-7(2-3-9(8)18)11-12(13)17-10(5-14)16-11/h2-4,6H,5,14H2,1H3,(H,16,17). The summed E-state index contributed by atoms with van der Waals surface area (Å²) in [5.41, 5.74) is 9.51. The van der Waals surface area contributed by atoms with E-state index in [2.05, 4.69) is 30.9 Å². The lowest BCUT2D eigenvalue weighted by molar-refractivity contribution is 0.947. The molecule has 5 nitrogen and oxygen atoms in total. The van der Waals surface area contributed by atoms with Gasteiger partial charge in [-0.1, -0.05) is 6.07 Å². The summed E-state index contributed by atoms with van der Waals surface area (Å²) in [5, 5.41) is 0. The first-order valence-corrected chi connectivity index (χ1v) is 6.34. The van der Waals surface area contributed by atoms with Gasteiger partial charge in [-0.2, -0.15) is 0 Å². The Hall–Kier alpha value is -1.66. The van der Waals surface area contributed by atoms with Crippen LogP contribution in [0.25, 0.3) is 22.3 Å². The highest BCUT2D eigenvalue weighted by molar-refractivity contribution is 9.10. The van der Waals surface area contributed by atoms with Crippen molar-refractivity contribution in [2.75, 3.05) is 0 Å². The van der Waals surface area contributed by atoms with E-state index in [4.69, 9.17) is 5.73 Å². The fraction of sp³-hybridized carbons (Fsp3) is 0.167. The summed E-state index contributed by atoms with van der Waals surface area (Å²) in [6.07, 6.45) is 1.80. The lowest BCUT2D eigenvalue weighted by Gasteiger charge is -1.99. The third-order valence-electron chi connectivity index (χ3n) is 2.90. The second-order valence-electron chi connectivity index (χ2n) is 4.11. The molecule has 0 amide bonds. The van der Waals surface area contributed by atoms with Gasteiger partial charge in [0.2, 0.25) is 0 Å². The number of halogens is 1. The molecule has 0 atom stereocenters. The number of aromatic amines is 1. The van der Waals surface area contributed by atoms with Crippen molar-refractivity contribution in [2.24, 2.45) is 12.8 Å². The predicted molar refractivity (Wildman–Crippen MR) is 73.9 cm³/mol. The molecule has 6 heteroatoms. The Labute approximate surface area is 112 Å². The second-order valence-corrected chi connectivity index (χ2v) is 4.90. The summed E-state index contributed by atoms with van der Waals surface area (Å²) in [7, 11) is 1.98. The third-order valence-corrected chi connectivity index (χ3v) is 3.47. The summed E-state index contributed by atoms with van der Waals surface area (Å²) in [5.74, 6) is 0.762. The summed E-state index contributed by atoms with van der Waals surface area (Å²) in [6, 6.07) is 6.10.